The predicted octanol–water partition coefficient (Wildman–Crippen LogP) is 3.61. The Morgan fingerprint density at radius 3 is 2.89 bits per heavy atom. The molecule has 0 radical (unpaired) electrons. The molecule has 0 aromatic heterocycles. The minimum atomic E-state index is -4.15. The summed E-state index contributed by atoms with van der Waals surface area (Å²) in [6.07, 6.45) is 2.83. The number of nitrogens with one attached hydrogen (secondary N) is 1. The van der Waals surface area contributed by atoms with Crippen LogP contribution in [0.15, 0.2) is 18.2 Å². The van der Waals surface area contributed by atoms with Crippen LogP contribution < -0.4 is 5.32 Å². The molecule has 1 aromatic rings. The van der Waals surface area contributed by atoms with Crippen molar-refractivity contribution in [2.24, 2.45) is 0 Å². The number of fused-ring (bicyclic) bond motifs is 1. The number of alkyl halides is 3. The maximum absolute atomic E-state index is 12.0. The third kappa shape index (κ3) is 4.31. The molecule has 6 heteroatoms. The van der Waals surface area contributed by atoms with E-state index in [2.05, 4.69) is 5.32 Å². The van der Waals surface area contributed by atoms with Gasteiger partial charge in [-0.1, -0.05) is 6.07 Å². The molecule has 0 bridgehead atoms. The van der Waals surface area contributed by atoms with E-state index in [4.69, 9.17) is 0 Å². The number of benzene rings is 1. The number of phenols is 1. The van der Waals surface area contributed by atoms with Crippen molar-refractivity contribution in [1.82, 2.24) is 5.32 Å². The van der Waals surface area contributed by atoms with Crippen molar-refractivity contribution in [2.45, 2.75) is 30.8 Å². The lowest BCUT2D eigenvalue weighted by molar-refractivity contribution is -0.0327. The summed E-state index contributed by atoms with van der Waals surface area (Å²) in [5, 5.41) is 12.6. The van der Waals surface area contributed by atoms with E-state index >= 15 is 0 Å². The molecule has 106 valence electrons. The Morgan fingerprint density at radius 1 is 1.37 bits per heavy atom. The van der Waals surface area contributed by atoms with E-state index in [1.165, 1.54) is 0 Å². The van der Waals surface area contributed by atoms with Crippen molar-refractivity contribution in [3.8, 4) is 5.75 Å². The second-order valence-electron chi connectivity index (χ2n) is 4.58. The summed E-state index contributed by atoms with van der Waals surface area (Å²) in [5.41, 5.74) is -1.97. The average molecular weight is 291 g/mol. The summed E-state index contributed by atoms with van der Waals surface area (Å²) in [7, 11) is 0. The van der Waals surface area contributed by atoms with E-state index in [0.29, 0.717) is 6.54 Å². The summed E-state index contributed by atoms with van der Waals surface area (Å²) in [6.45, 7) is 0.329. The van der Waals surface area contributed by atoms with Gasteiger partial charge in [0.05, 0.1) is 0 Å². The van der Waals surface area contributed by atoms with Gasteiger partial charge in [0.25, 0.3) is 0 Å². The van der Waals surface area contributed by atoms with E-state index in [1.54, 1.807) is 12.1 Å². The van der Waals surface area contributed by atoms with Crippen LogP contribution in [0.4, 0.5) is 13.2 Å². The normalized spacial score (nSPS) is 19.2. The predicted molar refractivity (Wildman–Crippen MR) is 70.3 cm³/mol. The van der Waals surface area contributed by atoms with Crippen molar-refractivity contribution < 1.29 is 18.3 Å². The van der Waals surface area contributed by atoms with E-state index in [1.807, 2.05) is 6.07 Å². The van der Waals surface area contributed by atoms with E-state index in [0.717, 1.165) is 30.4 Å². The molecule has 0 saturated heterocycles. The largest absolute Gasteiger partial charge is 0.508 e. The second-order valence-corrected chi connectivity index (χ2v) is 5.74. The fourth-order valence-corrected chi connectivity index (χ4v) is 2.86. The summed E-state index contributed by atoms with van der Waals surface area (Å²) in [4.78, 5) is 0. The Balaban J connectivity index is 1.89. The Labute approximate surface area is 114 Å². The number of thioether (sulfide) groups is 1. The summed E-state index contributed by atoms with van der Waals surface area (Å²) in [6, 6.07) is 5.33. The molecule has 2 nitrogen and oxygen atoms in total. The second kappa shape index (κ2) is 6.05. The van der Waals surface area contributed by atoms with Gasteiger partial charge in [0.2, 0.25) is 0 Å². The molecular weight excluding hydrogens is 275 g/mol. The number of hydrogen-bond acceptors (Lipinski definition) is 3. The van der Waals surface area contributed by atoms with Gasteiger partial charge in [-0.25, -0.2) is 0 Å². The molecule has 1 unspecified atom stereocenters. The number of hydrogen-bond donors (Lipinski definition) is 2. The van der Waals surface area contributed by atoms with Crippen molar-refractivity contribution in [1.29, 1.82) is 0 Å². The molecule has 2 N–H and O–H groups in total. The third-order valence-electron chi connectivity index (χ3n) is 3.20. The van der Waals surface area contributed by atoms with E-state index in [-0.39, 0.29) is 29.3 Å². The highest BCUT2D eigenvalue weighted by atomic mass is 32.2. The van der Waals surface area contributed by atoms with Crippen LogP contribution in [-0.4, -0.2) is 22.9 Å². The van der Waals surface area contributed by atoms with Crippen molar-refractivity contribution in [2.75, 3.05) is 12.3 Å². The van der Waals surface area contributed by atoms with E-state index < -0.39 is 5.51 Å². The zero-order valence-electron chi connectivity index (χ0n) is 10.3. The van der Waals surface area contributed by atoms with Crippen LogP contribution in [0.25, 0.3) is 0 Å². The Bertz CT molecular complexity index is 436. The Morgan fingerprint density at radius 2 is 2.16 bits per heavy atom. The van der Waals surface area contributed by atoms with Crippen molar-refractivity contribution in [3.63, 3.8) is 0 Å². The maximum Gasteiger partial charge on any atom is 0.441 e. The lowest BCUT2D eigenvalue weighted by atomic mass is 9.87. The Hall–Kier alpha value is -0.880. The van der Waals surface area contributed by atoms with Crippen LogP contribution in [0, 0.1) is 0 Å². The number of aryl methyl sites for hydroxylation is 1. The SMILES string of the molecule is Oc1ccc2c(c1)CCCC2NCCSC(F)(F)F. The van der Waals surface area contributed by atoms with Gasteiger partial charge in [-0.15, -0.1) is 0 Å². The van der Waals surface area contributed by atoms with Crippen molar-refractivity contribution in [3.05, 3.63) is 29.3 Å². The molecule has 0 saturated carbocycles. The smallest absolute Gasteiger partial charge is 0.441 e. The number of aromatic hydroxyl groups is 1. The first-order valence-corrected chi connectivity index (χ1v) is 7.20. The van der Waals surface area contributed by atoms with Crippen LogP contribution in [0.2, 0.25) is 0 Å². The first-order valence-electron chi connectivity index (χ1n) is 6.21. The van der Waals surface area contributed by atoms with Gasteiger partial charge in [0.15, 0.2) is 0 Å². The molecule has 0 heterocycles. The molecule has 1 aromatic carbocycles. The summed E-state index contributed by atoms with van der Waals surface area (Å²) in [5.74, 6) is 0.264. The van der Waals surface area contributed by atoms with Crippen LogP contribution in [-0.2, 0) is 6.42 Å². The van der Waals surface area contributed by atoms with Gasteiger partial charge < -0.3 is 10.4 Å². The zero-order chi connectivity index (χ0) is 13.9. The molecule has 1 atom stereocenters. The van der Waals surface area contributed by atoms with Crippen LogP contribution in [0.1, 0.15) is 30.0 Å². The fourth-order valence-electron chi connectivity index (χ4n) is 2.41. The first-order chi connectivity index (χ1) is 8.96. The lowest BCUT2D eigenvalue weighted by Crippen LogP contribution is -2.27. The van der Waals surface area contributed by atoms with Gasteiger partial charge in [0, 0.05) is 18.3 Å². The van der Waals surface area contributed by atoms with Gasteiger partial charge in [-0.3, -0.25) is 0 Å². The lowest BCUT2D eigenvalue weighted by Gasteiger charge is -2.26. The summed E-state index contributed by atoms with van der Waals surface area (Å²) >= 11 is 0.00340. The average Bonchev–Trinajstić information content (AvgIpc) is 2.33. The highest BCUT2D eigenvalue weighted by molar-refractivity contribution is 8.00. The number of halogens is 3. The monoisotopic (exact) mass is 291 g/mol. The molecule has 0 aliphatic heterocycles. The highest BCUT2D eigenvalue weighted by Gasteiger charge is 2.27. The van der Waals surface area contributed by atoms with Crippen LogP contribution in [0.5, 0.6) is 5.75 Å². The van der Waals surface area contributed by atoms with Crippen LogP contribution in [0.3, 0.4) is 0 Å². The molecule has 0 amide bonds. The minimum absolute atomic E-state index is 0.00340. The molecule has 0 spiro atoms. The quantitative estimate of drug-likeness (QED) is 0.831. The fraction of sp³-hybridized carbons (Fsp3) is 0.538. The minimum Gasteiger partial charge on any atom is -0.508 e. The third-order valence-corrected chi connectivity index (χ3v) is 3.93. The molecule has 1 aliphatic carbocycles. The maximum atomic E-state index is 12.0. The first kappa shape index (κ1) is 14.5. The van der Waals surface area contributed by atoms with Crippen LogP contribution >= 0.6 is 11.8 Å². The Kier molecular flexibility index (Phi) is 4.62. The highest BCUT2D eigenvalue weighted by Crippen LogP contribution is 2.32. The molecule has 0 fully saturated rings. The topological polar surface area (TPSA) is 32.3 Å². The van der Waals surface area contributed by atoms with Gasteiger partial charge in [-0.2, -0.15) is 13.2 Å². The molecule has 2 rings (SSSR count). The van der Waals surface area contributed by atoms with Gasteiger partial charge >= 0.3 is 5.51 Å². The van der Waals surface area contributed by atoms with E-state index in [9.17, 15) is 18.3 Å². The molecular formula is C13H16F3NOS. The number of rotatable bonds is 4. The van der Waals surface area contributed by atoms with Gasteiger partial charge in [0.1, 0.15) is 5.75 Å². The molecule has 1 aliphatic rings. The zero-order valence-corrected chi connectivity index (χ0v) is 11.2. The standard InChI is InChI=1S/C13H16F3NOS/c14-13(15,16)19-7-6-17-12-3-1-2-9-8-10(18)4-5-11(9)12/h4-5,8,12,17-18H,1-3,6-7H2. The van der Waals surface area contributed by atoms with Gasteiger partial charge in [-0.05, 0) is 54.3 Å². The summed E-state index contributed by atoms with van der Waals surface area (Å²) < 4.78 is 36.0. The molecule has 19 heavy (non-hydrogen) atoms. The number of phenolic OH excluding ortho intramolecular Hbond substituents is 1. The van der Waals surface area contributed by atoms with Crippen molar-refractivity contribution >= 4 is 11.8 Å².